The first-order valence-electron chi connectivity index (χ1n) is 5.96. The lowest BCUT2D eigenvalue weighted by Crippen LogP contribution is -1.94. The zero-order valence-corrected chi connectivity index (χ0v) is 17.8. The molecule has 0 fully saturated rings. The Morgan fingerprint density at radius 3 is 2.35 bits per heavy atom. The summed E-state index contributed by atoms with van der Waals surface area (Å²) in [7, 11) is 0. The molecule has 0 spiro atoms. The van der Waals surface area contributed by atoms with Crippen LogP contribution >= 0.6 is 77.7 Å². The number of aromatic nitrogens is 6. The van der Waals surface area contributed by atoms with Crippen LogP contribution in [0, 0.1) is 3.70 Å². The standard InChI is InChI=1S/C6H2BrClIN3.C6H3BrClN3/c7-3-1-4(8)11-12-5(9)2-10-6(3)12;7-4-3-5(8)10-11-2-1-9-6(4)11/h1-2H;1-3H. The summed E-state index contributed by atoms with van der Waals surface area (Å²) in [6.07, 6.45) is 5.15. The molecule has 0 amide bonds. The van der Waals surface area contributed by atoms with Crippen LogP contribution in [0.2, 0.25) is 10.3 Å². The SMILES string of the molecule is Clc1cc(Br)c2ncc(I)n2n1.Clc1cc(Br)c2nccn2n1. The maximum Gasteiger partial charge on any atom is 0.169 e. The molecule has 4 rings (SSSR count). The summed E-state index contributed by atoms with van der Waals surface area (Å²) in [5, 5.41) is 8.96. The first-order chi connectivity index (χ1) is 11.0. The molecule has 6 nitrogen and oxygen atoms in total. The third-order valence-electron chi connectivity index (χ3n) is 2.64. The van der Waals surface area contributed by atoms with Crippen LogP contribution in [-0.2, 0) is 0 Å². The second-order valence-electron chi connectivity index (χ2n) is 4.14. The molecule has 0 aliphatic carbocycles. The fraction of sp³-hybridized carbons (Fsp3) is 0. The average Bonchev–Trinajstić information content (AvgIpc) is 3.07. The molecule has 0 N–H and O–H groups in total. The van der Waals surface area contributed by atoms with E-state index in [1.165, 1.54) is 0 Å². The molecule has 23 heavy (non-hydrogen) atoms. The highest BCUT2D eigenvalue weighted by molar-refractivity contribution is 14.1. The number of rotatable bonds is 0. The van der Waals surface area contributed by atoms with Gasteiger partial charge in [-0.05, 0) is 66.6 Å². The van der Waals surface area contributed by atoms with Crippen LogP contribution in [0.25, 0.3) is 11.3 Å². The van der Waals surface area contributed by atoms with Crippen LogP contribution in [0.15, 0.2) is 39.7 Å². The van der Waals surface area contributed by atoms with Gasteiger partial charge in [0.1, 0.15) is 3.70 Å². The van der Waals surface area contributed by atoms with Gasteiger partial charge in [0.2, 0.25) is 0 Å². The van der Waals surface area contributed by atoms with Crippen LogP contribution < -0.4 is 0 Å². The predicted molar refractivity (Wildman–Crippen MR) is 104 cm³/mol. The van der Waals surface area contributed by atoms with Crippen molar-refractivity contribution in [3.8, 4) is 0 Å². The van der Waals surface area contributed by atoms with Crippen molar-refractivity contribution >= 4 is 88.9 Å². The molecule has 0 aromatic carbocycles. The van der Waals surface area contributed by atoms with Gasteiger partial charge >= 0.3 is 0 Å². The van der Waals surface area contributed by atoms with Gasteiger partial charge in [0.25, 0.3) is 0 Å². The van der Waals surface area contributed by atoms with Crippen molar-refractivity contribution in [1.29, 1.82) is 0 Å². The quantitative estimate of drug-likeness (QED) is 0.274. The molecule has 0 saturated carbocycles. The highest BCUT2D eigenvalue weighted by Crippen LogP contribution is 2.21. The van der Waals surface area contributed by atoms with E-state index < -0.39 is 0 Å². The van der Waals surface area contributed by atoms with Crippen LogP contribution in [-0.4, -0.2) is 29.2 Å². The summed E-state index contributed by atoms with van der Waals surface area (Å²) in [5.74, 6) is 0. The minimum Gasteiger partial charge on any atom is -0.235 e. The molecule has 0 aliphatic heterocycles. The lowest BCUT2D eigenvalue weighted by atomic mass is 10.6. The molecule has 118 valence electrons. The highest BCUT2D eigenvalue weighted by atomic mass is 127. The summed E-state index contributed by atoms with van der Waals surface area (Å²) >= 11 is 20.3. The van der Waals surface area contributed by atoms with E-state index in [4.69, 9.17) is 23.2 Å². The van der Waals surface area contributed by atoms with Crippen molar-refractivity contribution in [2.45, 2.75) is 0 Å². The van der Waals surface area contributed by atoms with Crippen LogP contribution in [0.1, 0.15) is 0 Å². The first kappa shape index (κ1) is 17.3. The lowest BCUT2D eigenvalue weighted by Gasteiger charge is -1.96. The Kier molecular flexibility index (Phi) is 5.41. The third-order valence-corrected chi connectivity index (χ3v) is 4.91. The van der Waals surface area contributed by atoms with E-state index in [-0.39, 0.29) is 0 Å². The van der Waals surface area contributed by atoms with E-state index in [1.807, 2.05) is 0 Å². The number of fused-ring (bicyclic) bond motifs is 2. The Morgan fingerprint density at radius 1 is 0.957 bits per heavy atom. The summed E-state index contributed by atoms with van der Waals surface area (Å²) in [6.45, 7) is 0. The smallest absolute Gasteiger partial charge is 0.169 e. The molecule has 0 atom stereocenters. The highest BCUT2D eigenvalue weighted by Gasteiger charge is 2.06. The van der Waals surface area contributed by atoms with Gasteiger partial charge in [-0.3, -0.25) is 0 Å². The van der Waals surface area contributed by atoms with E-state index in [2.05, 4.69) is 74.6 Å². The first-order valence-corrected chi connectivity index (χ1v) is 9.38. The average molecular weight is 591 g/mol. The van der Waals surface area contributed by atoms with Crippen molar-refractivity contribution in [3.63, 3.8) is 0 Å². The van der Waals surface area contributed by atoms with Gasteiger partial charge in [0.15, 0.2) is 21.6 Å². The molecule has 0 bridgehead atoms. The largest absolute Gasteiger partial charge is 0.235 e. The number of nitrogens with zero attached hydrogens (tertiary/aromatic N) is 6. The van der Waals surface area contributed by atoms with Crippen molar-refractivity contribution in [2.24, 2.45) is 0 Å². The van der Waals surface area contributed by atoms with Crippen LogP contribution in [0.3, 0.4) is 0 Å². The van der Waals surface area contributed by atoms with Gasteiger partial charge in [-0.25, -0.2) is 19.0 Å². The predicted octanol–water partition coefficient (Wildman–Crippen LogP) is 4.90. The van der Waals surface area contributed by atoms with E-state index >= 15 is 0 Å². The number of halogens is 5. The van der Waals surface area contributed by atoms with Crippen molar-refractivity contribution in [2.75, 3.05) is 0 Å². The number of hydrogen-bond donors (Lipinski definition) is 0. The normalized spacial score (nSPS) is 10.8. The Morgan fingerprint density at radius 2 is 1.61 bits per heavy atom. The third kappa shape index (κ3) is 3.78. The second-order valence-corrected chi connectivity index (χ2v) is 7.73. The maximum atomic E-state index is 5.76. The molecule has 0 unspecified atom stereocenters. The fourth-order valence-corrected chi connectivity index (χ4v) is 3.83. The van der Waals surface area contributed by atoms with Crippen molar-refractivity contribution in [1.82, 2.24) is 29.2 Å². The van der Waals surface area contributed by atoms with Crippen LogP contribution in [0.4, 0.5) is 0 Å². The van der Waals surface area contributed by atoms with E-state index in [9.17, 15) is 0 Å². The minimum atomic E-state index is 0.447. The molecule has 0 saturated heterocycles. The molecular formula is C12H5Br2Cl2IN6. The van der Waals surface area contributed by atoms with Gasteiger partial charge in [0.05, 0.1) is 15.1 Å². The van der Waals surface area contributed by atoms with Gasteiger partial charge in [-0.2, -0.15) is 10.2 Å². The van der Waals surface area contributed by atoms with Gasteiger partial charge in [-0.1, -0.05) is 23.2 Å². The van der Waals surface area contributed by atoms with Gasteiger partial charge in [-0.15, -0.1) is 0 Å². The summed E-state index contributed by atoms with van der Waals surface area (Å²) in [6, 6.07) is 3.43. The number of imidazole rings is 2. The van der Waals surface area contributed by atoms with E-state index in [1.54, 1.807) is 39.8 Å². The van der Waals surface area contributed by atoms with Crippen LogP contribution in [0.5, 0.6) is 0 Å². The molecule has 4 heterocycles. The Balaban J connectivity index is 0.000000136. The van der Waals surface area contributed by atoms with Crippen molar-refractivity contribution in [3.05, 3.63) is 53.7 Å². The molecule has 11 heteroatoms. The molecule has 4 aromatic heterocycles. The topological polar surface area (TPSA) is 60.4 Å². The molecule has 0 radical (unpaired) electrons. The molecule has 4 aromatic rings. The zero-order valence-electron chi connectivity index (χ0n) is 11.0. The minimum absolute atomic E-state index is 0.447. The monoisotopic (exact) mass is 588 g/mol. The Hall–Kier alpha value is -0.490. The molecule has 0 aliphatic rings. The lowest BCUT2D eigenvalue weighted by molar-refractivity contribution is 0.910. The Labute approximate surface area is 170 Å². The second kappa shape index (κ2) is 7.18. The summed E-state index contributed by atoms with van der Waals surface area (Å²) in [4.78, 5) is 8.20. The van der Waals surface area contributed by atoms with Gasteiger partial charge < -0.3 is 0 Å². The molecular weight excluding hydrogens is 586 g/mol. The fourth-order valence-electron chi connectivity index (χ4n) is 1.73. The zero-order chi connectivity index (χ0) is 16.6. The van der Waals surface area contributed by atoms with Gasteiger partial charge in [0, 0.05) is 12.4 Å². The van der Waals surface area contributed by atoms with E-state index in [0.717, 1.165) is 23.9 Å². The Bertz CT molecular complexity index is 1000. The maximum absolute atomic E-state index is 5.76. The summed E-state index contributed by atoms with van der Waals surface area (Å²) in [5.41, 5.74) is 1.55. The summed E-state index contributed by atoms with van der Waals surface area (Å²) < 4.78 is 5.94. The number of hydrogen-bond acceptors (Lipinski definition) is 4. The van der Waals surface area contributed by atoms with Crippen molar-refractivity contribution < 1.29 is 0 Å². The van der Waals surface area contributed by atoms with E-state index in [0.29, 0.717) is 10.3 Å².